The van der Waals surface area contributed by atoms with Crippen molar-refractivity contribution < 1.29 is 14.4 Å². The molecule has 164 valence electrons. The molecule has 0 saturated heterocycles. The molecule has 1 atom stereocenters. The highest BCUT2D eigenvalue weighted by Gasteiger charge is 2.25. The smallest absolute Gasteiger partial charge is 0.287 e. The van der Waals surface area contributed by atoms with Gasteiger partial charge in [0, 0.05) is 12.1 Å². The summed E-state index contributed by atoms with van der Waals surface area (Å²) in [6.07, 6.45) is 5.73. The first-order valence-corrected chi connectivity index (χ1v) is 10.5. The lowest BCUT2D eigenvalue weighted by Crippen LogP contribution is -2.46. The van der Waals surface area contributed by atoms with Crippen molar-refractivity contribution in [2.45, 2.75) is 38.8 Å². The molecule has 0 bridgehead atoms. The summed E-state index contributed by atoms with van der Waals surface area (Å²) in [5.74, 6) is -2.21. The van der Waals surface area contributed by atoms with Gasteiger partial charge in [-0.2, -0.15) is 0 Å². The van der Waals surface area contributed by atoms with Crippen LogP contribution in [0.25, 0.3) is 12.2 Å². The van der Waals surface area contributed by atoms with Crippen LogP contribution in [0.2, 0.25) is 0 Å². The van der Waals surface area contributed by atoms with Crippen molar-refractivity contribution in [3.8, 4) is 0 Å². The predicted molar refractivity (Wildman–Crippen MR) is 124 cm³/mol. The van der Waals surface area contributed by atoms with E-state index in [9.17, 15) is 14.4 Å². The van der Waals surface area contributed by atoms with Crippen LogP contribution in [0, 0.1) is 0 Å². The van der Waals surface area contributed by atoms with Crippen molar-refractivity contribution in [2.75, 3.05) is 14.1 Å². The monoisotopic (exact) mass is 421 g/mol. The Kier molecular flexibility index (Phi) is 9.15. The van der Waals surface area contributed by atoms with E-state index in [1.165, 1.54) is 5.56 Å². The molecule has 0 aliphatic heterocycles. The third-order valence-corrected chi connectivity index (χ3v) is 4.85. The van der Waals surface area contributed by atoms with E-state index >= 15 is 0 Å². The highest BCUT2D eigenvalue weighted by molar-refractivity contribution is 6.38. The summed E-state index contributed by atoms with van der Waals surface area (Å²) < 4.78 is 0. The van der Waals surface area contributed by atoms with Gasteiger partial charge >= 0.3 is 0 Å². The molecule has 2 rings (SSSR count). The van der Waals surface area contributed by atoms with Crippen LogP contribution in [-0.2, 0) is 16.1 Å². The lowest BCUT2D eigenvalue weighted by molar-refractivity contribution is -0.137. The number of rotatable bonds is 11. The maximum Gasteiger partial charge on any atom is 0.287 e. The standard InChI is InChI=1S/C25H31N3O3/c1-4-5-10-22(23(29)24(26)30)27-25(31)21-9-7-6-8-20(21)16-15-18-11-13-19(14-12-18)17-28(2)3/h6-9,11-16,22H,4-5,10,17H2,1-3H3,(H2,26,30)(H,27,31)/b16-15+. The Hall–Kier alpha value is -3.25. The Labute approximate surface area is 184 Å². The minimum Gasteiger partial charge on any atom is -0.363 e. The molecule has 2 aromatic rings. The van der Waals surface area contributed by atoms with Crippen molar-refractivity contribution in [1.29, 1.82) is 0 Å². The van der Waals surface area contributed by atoms with Crippen molar-refractivity contribution in [2.24, 2.45) is 5.73 Å². The zero-order valence-electron chi connectivity index (χ0n) is 18.4. The molecule has 0 aliphatic rings. The van der Waals surface area contributed by atoms with Crippen LogP contribution in [0.1, 0.15) is 53.2 Å². The van der Waals surface area contributed by atoms with Crippen LogP contribution in [0.4, 0.5) is 0 Å². The Morgan fingerprint density at radius 1 is 1.03 bits per heavy atom. The third-order valence-electron chi connectivity index (χ3n) is 4.85. The zero-order chi connectivity index (χ0) is 22.8. The van der Waals surface area contributed by atoms with Crippen LogP contribution < -0.4 is 11.1 Å². The number of amides is 2. The number of unbranched alkanes of at least 4 members (excludes halogenated alkanes) is 1. The molecular formula is C25H31N3O3. The fourth-order valence-electron chi connectivity index (χ4n) is 3.22. The van der Waals surface area contributed by atoms with Crippen LogP contribution in [0.3, 0.4) is 0 Å². The Morgan fingerprint density at radius 3 is 2.32 bits per heavy atom. The molecule has 31 heavy (non-hydrogen) atoms. The van der Waals surface area contributed by atoms with Gasteiger partial charge < -0.3 is 16.0 Å². The van der Waals surface area contributed by atoms with E-state index < -0.39 is 23.6 Å². The molecule has 6 nitrogen and oxygen atoms in total. The molecule has 0 saturated carbocycles. The number of hydrogen-bond acceptors (Lipinski definition) is 4. The normalized spacial score (nSPS) is 12.1. The van der Waals surface area contributed by atoms with E-state index in [1.807, 2.05) is 57.4 Å². The molecule has 0 radical (unpaired) electrons. The molecule has 6 heteroatoms. The van der Waals surface area contributed by atoms with E-state index in [0.717, 1.165) is 24.1 Å². The van der Waals surface area contributed by atoms with Gasteiger partial charge in [-0.05, 0) is 43.3 Å². The second-order valence-electron chi connectivity index (χ2n) is 7.80. The Balaban J connectivity index is 2.18. The molecule has 0 aliphatic carbocycles. The van der Waals surface area contributed by atoms with Crippen molar-refractivity contribution in [3.05, 3.63) is 70.8 Å². The topological polar surface area (TPSA) is 92.5 Å². The summed E-state index contributed by atoms with van der Waals surface area (Å²) >= 11 is 0. The number of ketones is 1. The van der Waals surface area contributed by atoms with E-state index in [1.54, 1.807) is 12.1 Å². The molecule has 0 aromatic heterocycles. The average Bonchev–Trinajstić information content (AvgIpc) is 2.75. The Bertz CT molecular complexity index is 933. The SMILES string of the molecule is CCCCC(NC(=O)c1ccccc1/C=C/c1ccc(CN(C)C)cc1)C(=O)C(N)=O. The maximum absolute atomic E-state index is 12.9. The van der Waals surface area contributed by atoms with Gasteiger partial charge in [-0.15, -0.1) is 0 Å². The van der Waals surface area contributed by atoms with E-state index in [2.05, 4.69) is 22.3 Å². The van der Waals surface area contributed by atoms with Crippen LogP contribution >= 0.6 is 0 Å². The second kappa shape index (κ2) is 11.8. The quantitative estimate of drug-likeness (QED) is 0.430. The average molecular weight is 422 g/mol. The van der Waals surface area contributed by atoms with Gasteiger partial charge in [-0.3, -0.25) is 14.4 Å². The third kappa shape index (κ3) is 7.50. The zero-order valence-corrected chi connectivity index (χ0v) is 18.4. The van der Waals surface area contributed by atoms with Gasteiger partial charge in [0.1, 0.15) is 0 Å². The predicted octanol–water partition coefficient (Wildman–Crippen LogP) is 3.26. The fourth-order valence-corrected chi connectivity index (χ4v) is 3.22. The first kappa shape index (κ1) is 24.0. The second-order valence-corrected chi connectivity index (χ2v) is 7.80. The molecule has 2 amide bonds. The van der Waals surface area contributed by atoms with Crippen molar-refractivity contribution >= 4 is 29.7 Å². The summed E-state index contributed by atoms with van der Waals surface area (Å²) in [7, 11) is 4.05. The highest BCUT2D eigenvalue weighted by Crippen LogP contribution is 2.15. The van der Waals surface area contributed by atoms with Crippen LogP contribution in [0.5, 0.6) is 0 Å². The maximum atomic E-state index is 12.9. The number of nitrogens with zero attached hydrogens (tertiary/aromatic N) is 1. The highest BCUT2D eigenvalue weighted by atomic mass is 16.2. The first-order valence-electron chi connectivity index (χ1n) is 10.5. The van der Waals surface area contributed by atoms with Gasteiger partial charge in [0.2, 0.25) is 5.78 Å². The lowest BCUT2D eigenvalue weighted by atomic mass is 10.0. The van der Waals surface area contributed by atoms with Gasteiger partial charge in [-0.25, -0.2) is 0 Å². The van der Waals surface area contributed by atoms with E-state index in [0.29, 0.717) is 18.4 Å². The number of primary amides is 1. The minimum absolute atomic E-state index is 0.376. The summed E-state index contributed by atoms with van der Waals surface area (Å²) in [6.45, 7) is 2.84. The van der Waals surface area contributed by atoms with Gasteiger partial charge in [0.05, 0.1) is 6.04 Å². The van der Waals surface area contributed by atoms with E-state index in [4.69, 9.17) is 5.73 Å². The minimum atomic E-state index is -1.03. The summed E-state index contributed by atoms with van der Waals surface area (Å²) in [5.41, 5.74) is 8.54. The van der Waals surface area contributed by atoms with Crippen LogP contribution in [-0.4, -0.2) is 42.6 Å². The fraction of sp³-hybridized carbons (Fsp3) is 0.320. The molecule has 0 heterocycles. The van der Waals surface area contributed by atoms with Gasteiger partial charge in [-0.1, -0.05) is 74.4 Å². The first-order chi connectivity index (χ1) is 14.8. The molecule has 0 fully saturated rings. The number of carbonyl (C=O) groups is 3. The van der Waals surface area contributed by atoms with Crippen molar-refractivity contribution in [3.63, 3.8) is 0 Å². The summed E-state index contributed by atoms with van der Waals surface area (Å²) in [5, 5.41) is 2.69. The number of carbonyl (C=O) groups excluding carboxylic acids is 3. The Morgan fingerprint density at radius 2 is 1.71 bits per heavy atom. The molecule has 3 N–H and O–H groups in total. The number of Topliss-reactive ketones (excluding diaryl/α,β-unsaturated/α-hetero) is 1. The van der Waals surface area contributed by atoms with Crippen molar-refractivity contribution in [1.82, 2.24) is 10.2 Å². The molecule has 1 unspecified atom stereocenters. The van der Waals surface area contributed by atoms with Gasteiger partial charge in [0.15, 0.2) is 0 Å². The molecule has 2 aromatic carbocycles. The van der Waals surface area contributed by atoms with Gasteiger partial charge in [0.25, 0.3) is 11.8 Å². The number of hydrogen-bond donors (Lipinski definition) is 2. The summed E-state index contributed by atoms with van der Waals surface area (Å²) in [6, 6.07) is 14.4. The number of nitrogens with one attached hydrogen (secondary N) is 1. The lowest BCUT2D eigenvalue weighted by Gasteiger charge is -2.16. The van der Waals surface area contributed by atoms with Crippen LogP contribution in [0.15, 0.2) is 48.5 Å². The van der Waals surface area contributed by atoms with E-state index in [-0.39, 0.29) is 0 Å². The molecular weight excluding hydrogens is 390 g/mol. The summed E-state index contributed by atoms with van der Waals surface area (Å²) in [4.78, 5) is 38.4. The number of benzene rings is 2. The number of nitrogens with two attached hydrogens (primary N) is 1. The molecule has 0 spiro atoms. The largest absolute Gasteiger partial charge is 0.363 e.